The van der Waals surface area contributed by atoms with Crippen LogP contribution in [0.25, 0.3) is 16.9 Å². The molecule has 10 heteroatoms. The van der Waals surface area contributed by atoms with E-state index in [0.717, 1.165) is 21.6 Å². The lowest BCUT2D eigenvalue weighted by Gasteiger charge is -2.11. The van der Waals surface area contributed by atoms with E-state index in [1.807, 2.05) is 42.7 Å². The van der Waals surface area contributed by atoms with E-state index in [9.17, 15) is 14.4 Å². The molecule has 5 rings (SSSR count). The van der Waals surface area contributed by atoms with Crippen molar-refractivity contribution in [3.63, 3.8) is 0 Å². The number of imidazole rings is 1. The first kappa shape index (κ1) is 19.9. The highest BCUT2D eigenvalue weighted by molar-refractivity contribution is 5.98. The number of hydrogen-bond acceptors (Lipinski definition) is 6. The Morgan fingerprint density at radius 2 is 1.81 bits per heavy atom. The van der Waals surface area contributed by atoms with Gasteiger partial charge in [-0.25, -0.2) is 9.78 Å². The van der Waals surface area contributed by atoms with Crippen molar-refractivity contribution < 1.29 is 14.3 Å². The summed E-state index contributed by atoms with van der Waals surface area (Å²) in [5, 5.41) is 0. The number of benzene rings is 1. The second-order valence-electron chi connectivity index (χ2n) is 7.83. The van der Waals surface area contributed by atoms with Crippen LogP contribution in [0.4, 0.5) is 0 Å². The number of carbonyl (C=O) groups is 1. The highest BCUT2D eigenvalue weighted by Gasteiger charge is 2.21. The molecule has 0 unspecified atom stereocenters. The zero-order valence-corrected chi connectivity index (χ0v) is 18.1. The van der Waals surface area contributed by atoms with Gasteiger partial charge in [-0.1, -0.05) is 0 Å². The number of aryl methyl sites for hydroxylation is 2. The maximum Gasteiger partial charge on any atom is 0.332 e. The minimum Gasteiger partial charge on any atom is -0.454 e. The standard InChI is InChI=1S/C22H21N5O5/c1-12-7-15(13(2)27(12)14-5-6-17-18(8-14)32-11-31-17)16(28)9-26-10-23-20-19(26)21(29)25(4)22(30)24(20)3/h5-8,10H,9,11H2,1-4H3. The van der Waals surface area contributed by atoms with Gasteiger partial charge in [-0.3, -0.25) is 18.7 Å². The zero-order valence-electron chi connectivity index (χ0n) is 18.1. The highest BCUT2D eigenvalue weighted by Crippen LogP contribution is 2.35. The van der Waals surface area contributed by atoms with E-state index in [1.165, 1.54) is 22.5 Å². The monoisotopic (exact) mass is 435 g/mol. The van der Waals surface area contributed by atoms with Gasteiger partial charge in [0.25, 0.3) is 5.56 Å². The van der Waals surface area contributed by atoms with Gasteiger partial charge in [-0.15, -0.1) is 0 Å². The fourth-order valence-electron chi connectivity index (χ4n) is 4.22. The number of fused-ring (bicyclic) bond motifs is 2. The molecule has 1 aliphatic rings. The maximum absolute atomic E-state index is 13.2. The van der Waals surface area contributed by atoms with Crippen LogP contribution in [0.2, 0.25) is 0 Å². The first-order valence-corrected chi connectivity index (χ1v) is 10.0. The van der Waals surface area contributed by atoms with Gasteiger partial charge in [0.1, 0.15) is 0 Å². The Bertz CT molecular complexity index is 1540. The third-order valence-corrected chi connectivity index (χ3v) is 5.88. The summed E-state index contributed by atoms with van der Waals surface area (Å²) in [6.07, 6.45) is 1.42. The second-order valence-corrected chi connectivity index (χ2v) is 7.83. The minimum atomic E-state index is -0.487. The molecule has 0 radical (unpaired) electrons. The Morgan fingerprint density at radius 1 is 1.06 bits per heavy atom. The number of rotatable bonds is 4. The average molecular weight is 435 g/mol. The van der Waals surface area contributed by atoms with E-state index < -0.39 is 11.2 Å². The zero-order chi connectivity index (χ0) is 22.7. The first-order valence-electron chi connectivity index (χ1n) is 10.0. The van der Waals surface area contributed by atoms with E-state index >= 15 is 0 Å². The number of ketones is 1. The summed E-state index contributed by atoms with van der Waals surface area (Å²) in [5.41, 5.74) is 2.58. The van der Waals surface area contributed by atoms with Crippen LogP contribution >= 0.6 is 0 Å². The molecule has 0 saturated carbocycles. The van der Waals surface area contributed by atoms with Crippen LogP contribution in [0.1, 0.15) is 21.7 Å². The van der Waals surface area contributed by atoms with Gasteiger partial charge >= 0.3 is 5.69 Å². The van der Waals surface area contributed by atoms with E-state index in [-0.39, 0.29) is 30.3 Å². The van der Waals surface area contributed by atoms with Gasteiger partial charge in [0.05, 0.1) is 12.9 Å². The molecular formula is C22H21N5O5. The molecule has 4 heterocycles. The Kier molecular flexibility index (Phi) is 4.33. The number of Topliss-reactive ketones (excluding diaryl/α,β-unsaturated/α-hetero) is 1. The lowest BCUT2D eigenvalue weighted by molar-refractivity contribution is 0.0972. The van der Waals surface area contributed by atoms with Crippen molar-refractivity contribution >= 4 is 16.9 Å². The third-order valence-electron chi connectivity index (χ3n) is 5.88. The van der Waals surface area contributed by atoms with Crippen molar-refractivity contribution in [3.05, 3.63) is 68.4 Å². The van der Waals surface area contributed by atoms with Gasteiger partial charge < -0.3 is 18.6 Å². The van der Waals surface area contributed by atoms with Crippen molar-refractivity contribution in [2.45, 2.75) is 20.4 Å². The minimum absolute atomic E-state index is 0.0740. The van der Waals surface area contributed by atoms with Crippen LogP contribution in [-0.4, -0.2) is 35.8 Å². The Labute approximate surface area is 181 Å². The SMILES string of the molecule is Cc1cc(C(=O)Cn2cnc3c2c(=O)n(C)c(=O)n3C)c(C)n1-c1ccc2c(c1)OCO2. The first-order chi connectivity index (χ1) is 15.3. The molecule has 32 heavy (non-hydrogen) atoms. The topological polar surface area (TPSA) is 102 Å². The number of ether oxygens (including phenoxy) is 2. The molecule has 3 aromatic heterocycles. The van der Waals surface area contributed by atoms with Crippen molar-refractivity contribution in [2.24, 2.45) is 14.1 Å². The fraction of sp³-hybridized carbons (Fsp3) is 0.273. The van der Waals surface area contributed by atoms with Crippen molar-refractivity contribution in [3.8, 4) is 17.2 Å². The predicted molar refractivity (Wildman–Crippen MR) is 116 cm³/mol. The Hall–Kier alpha value is -4.08. The highest BCUT2D eigenvalue weighted by atomic mass is 16.7. The summed E-state index contributed by atoms with van der Waals surface area (Å²) in [6.45, 7) is 3.91. The molecule has 0 saturated heterocycles. The van der Waals surface area contributed by atoms with Crippen LogP contribution in [0.15, 0.2) is 40.2 Å². The van der Waals surface area contributed by atoms with Crippen LogP contribution in [0, 0.1) is 13.8 Å². The normalized spacial score (nSPS) is 12.6. The molecule has 0 amide bonds. The summed E-state index contributed by atoms with van der Waals surface area (Å²) >= 11 is 0. The van der Waals surface area contributed by atoms with E-state index in [4.69, 9.17) is 9.47 Å². The summed E-state index contributed by atoms with van der Waals surface area (Å²) in [5.74, 6) is 1.19. The molecule has 0 N–H and O–H groups in total. The van der Waals surface area contributed by atoms with E-state index in [2.05, 4.69) is 4.98 Å². The predicted octanol–water partition coefficient (Wildman–Crippen LogP) is 1.45. The van der Waals surface area contributed by atoms with Crippen molar-refractivity contribution in [1.29, 1.82) is 0 Å². The van der Waals surface area contributed by atoms with E-state index in [1.54, 1.807) is 7.05 Å². The van der Waals surface area contributed by atoms with Gasteiger partial charge in [-0.2, -0.15) is 0 Å². The largest absolute Gasteiger partial charge is 0.454 e. The smallest absolute Gasteiger partial charge is 0.332 e. The second kappa shape index (κ2) is 6.98. The fourth-order valence-corrected chi connectivity index (χ4v) is 4.22. The van der Waals surface area contributed by atoms with Crippen LogP contribution in [0.5, 0.6) is 11.5 Å². The molecule has 10 nitrogen and oxygen atoms in total. The molecule has 4 aromatic rings. The number of hydrogen-bond donors (Lipinski definition) is 0. The van der Waals surface area contributed by atoms with Crippen molar-refractivity contribution in [2.75, 3.05) is 6.79 Å². The van der Waals surface area contributed by atoms with Gasteiger partial charge in [0.15, 0.2) is 28.4 Å². The summed E-state index contributed by atoms with van der Waals surface area (Å²) in [6, 6.07) is 7.46. The summed E-state index contributed by atoms with van der Waals surface area (Å²) < 4.78 is 16.6. The summed E-state index contributed by atoms with van der Waals surface area (Å²) in [7, 11) is 2.95. The molecule has 0 atom stereocenters. The molecule has 0 bridgehead atoms. The van der Waals surface area contributed by atoms with Crippen molar-refractivity contribution in [1.82, 2.24) is 23.3 Å². The van der Waals surface area contributed by atoms with Crippen LogP contribution in [-0.2, 0) is 20.6 Å². The molecule has 0 aliphatic carbocycles. The van der Waals surface area contributed by atoms with Crippen LogP contribution < -0.4 is 20.7 Å². The Morgan fingerprint density at radius 3 is 2.59 bits per heavy atom. The van der Waals surface area contributed by atoms with Gasteiger partial charge in [0.2, 0.25) is 6.79 Å². The molecule has 0 spiro atoms. The van der Waals surface area contributed by atoms with E-state index in [0.29, 0.717) is 17.1 Å². The number of aromatic nitrogens is 5. The average Bonchev–Trinajstić information content (AvgIpc) is 3.47. The molecule has 0 fully saturated rings. The molecule has 1 aromatic carbocycles. The quantitative estimate of drug-likeness (QED) is 0.450. The van der Waals surface area contributed by atoms with Gasteiger partial charge in [0, 0.05) is 42.8 Å². The molecule has 164 valence electrons. The number of nitrogens with zero attached hydrogens (tertiary/aromatic N) is 5. The Balaban J connectivity index is 1.54. The third kappa shape index (κ3) is 2.79. The molecular weight excluding hydrogens is 414 g/mol. The molecule has 1 aliphatic heterocycles. The lowest BCUT2D eigenvalue weighted by atomic mass is 10.1. The lowest BCUT2D eigenvalue weighted by Crippen LogP contribution is -2.37. The summed E-state index contributed by atoms with van der Waals surface area (Å²) in [4.78, 5) is 42.2. The van der Waals surface area contributed by atoms with Gasteiger partial charge in [-0.05, 0) is 32.0 Å². The maximum atomic E-state index is 13.2. The number of carbonyl (C=O) groups excluding carboxylic acids is 1. The van der Waals surface area contributed by atoms with Crippen LogP contribution in [0.3, 0.4) is 0 Å².